The number of rotatable bonds is 6. The van der Waals surface area contributed by atoms with E-state index >= 15 is 0 Å². The summed E-state index contributed by atoms with van der Waals surface area (Å²) in [5.41, 5.74) is 0. The van der Waals surface area contributed by atoms with Gasteiger partial charge in [-0.2, -0.15) is 0 Å². The van der Waals surface area contributed by atoms with Gasteiger partial charge in [-0.3, -0.25) is 4.90 Å². The topological polar surface area (TPSA) is 36.5 Å². The highest BCUT2D eigenvalue weighted by Crippen LogP contribution is 2.13. The summed E-state index contributed by atoms with van der Waals surface area (Å²) in [6.45, 7) is 12.1. The second-order valence-corrected chi connectivity index (χ2v) is 6.03. The molecule has 2 N–H and O–H groups in total. The Kier molecular flexibility index (Phi) is 5.89. The van der Waals surface area contributed by atoms with E-state index < -0.39 is 0 Å². The molecular weight excluding hydrogens is 226 g/mol. The standard InChI is InChI=1S/C14H29N3O/c1-12(2)9-14(17-5-7-18-8-6-17)11-16-13-3-4-15-10-13/h12-16H,3-11H2,1-2H3. The van der Waals surface area contributed by atoms with Gasteiger partial charge in [0.25, 0.3) is 0 Å². The molecule has 106 valence electrons. The molecule has 18 heavy (non-hydrogen) atoms. The van der Waals surface area contributed by atoms with Crippen molar-refractivity contribution in [3.8, 4) is 0 Å². The first-order valence-corrected chi connectivity index (χ1v) is 7.51. The van der Waals surface area contributed by atoms with E-state index in [4.69, 9.17) is 4.74 Å². The summed E-state index contributed by atoms with van der Waals surface area (Å²) in [5.74, 6) is 0.765. The van der Waals surface area contributed by atoms with Gasteiger partial charge < -0.3 is 15.4 Å². The molecule has 2 aliphatic rings. The van der Waals surface area contributed by atoms with Crippen LogP contribution in [0.2, 0.25) is 0 Å². The number of morpholine rings is 1. The van der Waals surface area contributed by atoms with Crippen molar-refractivity contribution in [2.75, 3.05) is 45.9 Å². The molecule has 0 aromatic carbocycles. The predicted molar refractivity (Wildman–Crippen MR) is 74.9 cm³/mol. The Morgan fingerprint density at radius 2 is 2.11 bits per heavy atom. The zero-order valence-corrected chi connectivity index (χ0v) is 12.0. The summed E-state index contributed by atoms with van der Waals surface area (Å²) in [4.78, 5) is 2.61. The van der Waals surface area contributed by atoms with Crippen LogP contribution in [0.3, 0.4) is 0 Å². The summed E-state index contributed by atoms with van der Waals surface area (Å²) in [6, 6.07) is 1.36. The normalized spacial score (nSPS) is 27.8. The highest BCUT2D eigenvalue weighted by Gasteiger charge is 2.23. The van der Waals surface area contributed by atoms with E-state index in [1.165, 1.54) is 19.4 Å². The molecular formula is C14H29N3O. The van der Waals surface area contributed by atoms with Gasteiger partial charge in [0.05, 0.1) is 13.2 Å². The van der Waals surface area contributed by atoms with Crippen LogP contribution in [-0.2, 0) is 4.74 Å². The molecule has 0 aromatic heterocycles. The Bertz CT molecular complexity index is 223. The Morgan fingerprint density at radius 3 is 2.72 bits per heavy atom. The first kappa shape index (κ1) is 14.3. The molecule has 0 spiro atoms. The molecule has 0 radical (unpaired) electrons. The smallest absolute Gasteiger partial charge is 0.0594 e. The minimum atomic E-state index is 0.675. The van der Waals surface area contributed by atoms with E-state index in [-0.39, 0.29) is 0 Å². The third-order valence-electron chi connectivity index (χ3n) is 4.01. The molecule has 0 aromatic rings. The van der Waals surface area contributed by atoms with Gasteiger partial charge in [0.15, 0.2) is 0 Å². The SMILES string of the molecule is CC(C)CC(CNC1CCNC1)N1CCOCC1. The lowest BCUT2D eigenvalue weighted by molar-refractivity contribution is 0.0119. The predicted octanol–water partition coefficient (Wildman–Crippen LogP) is 0.685. The minimum Gasteiger partial charge on any atom is -0.379 e. The van der Waals surface area contributed by atoms with Gasteiger partial charge in [0, 0.05) is 38.3 Å². The van der Waals surface area contributed by atoms with Crippen molar-refractivity contribution in [1.29, 1.82) is 0 Å². The summed E-state index contributed by atoms with van der Waals surface area (Å²) in [5, 5.41) is 7.16. The molecule has 4 nitrogen and oxygen atoms in total. The second kappa shape index (κ2) is 7.43. The van der Waals surface area contributed by atoms with Gasteiger partial charge in [-0.05, 0) is 25.3 Å². The van der Waals surface area contributed by atoms with E-state index in [0.717, 1.165) is 45.3 Å². The minimum absolute atomic E-state index is 0.675. The van der Waals surface area contributed by atoms with E-state index in [9.17, 15) is 0 Å². The summed E-state index contributed by atoms with van der Waals surface area (Å²) in [7, 11) is 0. The van der Waals surface area contributed by atoms with Crippen molar-refractivity contribution in [3.05, 3.63) is 0 Å². The van der Waals surface area contributed by atoms with Crippen molar-refractivity contribution in [1.82, 2.24) is 15.5 Å². The van der Waals surface area contributed by atoms with Crippen LogP contribution >= 0.6 is 0 Å². The third kappa shape index (κ3) is 4.50. The second-order valence-electron chi connectivity index (χ2n) is 6.03. The van der Waals surface area contributed by atoms with Crippen LogP contribution in [0.15, 0.2) is 0 Å². The first-order valence-electron chi connectivity index (χ1n) is 7.51. The Hall–Kier alpha value is -0.160. The number of ether oxygens (including phenoxy) is 1. The molecule has 2 heterocycles. The van der Waals surface area contributed by atoms with Gasteiger partial charge >= 0.3 is 0 Å². The van der Waals surface area contributed by atoms with Crippen LogP contribution in [0.5, 0.6) is 0 Å². The zero-order valence-electron chi connectivity index (χ0n) is 12.0. The van der Waals surface area contributed by atoms with Crippen molar-refractivity contribution in [2.24, 2.45) is 5.92 Å². The number of hydrogen-bond donors (Lipinski definition) is 2. The highest BCUT2D eigenvalue weighted by molar-refractivity contribution is 4.82. The largest absolute Gasteiger partial charge is 0.379 e. The Balaban J connectivity index is 1.78. The Morgan fingerprint density at radius 1 is 1.33 bits per heavy atom. The zero-order chi connectivity index (χ0) is 12.8. The van der Waals surface area contributed by atoms with Gasteiger partial charge in [0.2, 0.25) is 0 Å². The lowest BCUT2D eigenvalue weighted by atomic mass is 10.0. The van der Waals surface area contributed by atoms with Crippen molar-refractivity contribution < 1.29 is 4.74 Å². The molecule has 2 fully saturated rings. The average Bonchev–Trinajstić information content (AvgIpc) is 2.88. The fraction of sp³-hybridized carbons (Fsp3) is 1.00. The van der Waals surface area contributed by atoms with Crippen LogP contribution in [0.25, 0.3) is 0 Å². The Labute approximate surface area is 111 Å². The quantitative estimate of drug-likeness (QED) is 0.732. The average molecular weight is 255 g/mol. The number of nitrogens with one attached hydrogen (secondary N) is 2. The molecule has 2 saturated heterocycles. The van der Waals surface area contributed by atoms with Crippen LogP contribution in [0.1, 0.15) is 26.7 Å². The van der Waals surface area contributed by atoms with E-state index in [1.807, 2.05) is 0 Å². The van der Waals surface area contributed by atoms with Gasteiger partial charge in [-0.1, -0.05) is 13.8 Å². The fourth-order valence-corrected chi connectivity index (χ4v) is 2.98. The molecule has 0 saturated carbocycles. The molecule has 0 amide bonds. The lowest BCUT2D eigenvalue weighted by Crippen LogP contribution is -2.50. The molecule has 0 aliphatic carbocycles. The molecule has 2 rings (SSSR count). The summed E-state index contributed by atoms with van der Waals surface area (Å²) < 4.78 is 5.46. The molecule has 2 atom stereocenters. The first-order chi connectivity index (χ1) is 8.75. The van der Waals surface area contributed by atoms with E-state index in [1.54, 1.807) is 0 Å². The molecule has 2 unspecified atom stereocenters. The summed E-state index contributed by atoms with van der Waals surface area (Å²) in [6.07, 6.45) is 2.56. The highest BCUT2D eigenvalue weighted by atomic mass is 16.5. The maximum Gasteiger partial charge on any atom is 0.0594 e. The van der Waals surface area contributed by atoms with Crippen LogP contribution < -0.4 is 10.6 Å². The molecule has 0 bridgehead atoms. The van der Waals surface area contributed by atoms with Crippen LogP contribution in [0, 0.1) is 5.92 Å². The lowest BCUT2D eigenvalue weighted by Gasteiger charge is -2.36. The van der Waals surface area contributed by atoms with Crippen molar-refractivity contribution in [3.63, 3.8) is 0 Å². The van der Waals surface area contributed by atoms with E-state index in [0.29, 0.717) is 12.1 Å². The maximum absolute atomic E-state index is 5.46. The van der Waals surface area contributed by atoms with Gasteiger partial charge in [0.1, 0.15) is 0 Å². The van der Waals surface area contributed by atoms with E-state index in [2.05, 4.69) is 29.4 Å². The number of nitrogens with zero attached hydrogens (tertiary/aromatic N) is 1. The van der Waals surface area contributed by atoms with Gasteiger partial charge in [-0.25, -0.2) is 0 Å². The monoisotopic (exact) mass is 255 g/mol. The fourth-order valence-electron chi connectivity index (χ4n) is 2.98. The maximum atomic E-state index is 5.46. The van der Waals surface area contributed by atoms with Crippen LogP contribution in [-0.4, -0.2) is 62.9 Å². The van der Waals surface area contributed by atoms with Gasteiger partial charge in [-0.15, -0.1) is 0 Å². The molecule has 4 heteroatoms. The third-order valence-corrected chi connectivity index (χ3v) is 4.01. The van der Waals surface area contributed by atoms with Crippen molar-refractivity contribution >= 4 is 0 Å². The summed E-state index contributed by atoms with van der Waals surface area (Å²) >= 11 is 0. The molecule has 2 aliphatic heterocycles. The van der Waals surface area contributed by atoms with Crippen molar-refractivity contribution in [2.45, 2.75) is 38.8 Å². The van der Waals surface area contributed by atoms with Crippen LogP contribution in [0.4, 0.5) is 0 Å². The number of hydrogen-bond acceptors (Lipinski definition) is 4.